The van der Waals surface area contributed by atoms with Crippen molar-refractivity contribution in [3.05, 3.63) is 58.6 Å². The van der Waals surface area contributed by atoms with Crippen LogP contribution in [0.15, 0.2) is 46.7 Å². The third-order valence-electron chi connectivity index (χ3n) is 6.15. The molecule has 1 aliphatic heterocycles. The maximum Gasteiger partial charge on any atom is 0.203 e. The van der Waals surface area contributed by atoms with Crippen molar-refractivity contribution in [2.75, 3.05) is 39.3 Å². The predicted octanol–water partition coefficient (Wildman–Crippen LogP) is 4.51. The summed E-state index contributed by atoms with van der Waals surface area (Å²) in [6.45, 7) is 3.30. The zero-order chi connectivity index (χ0) is 24.3. The van der Waals surface area contributed by atoms with Gasteiger partial charge in [0.1, 0.15) is 0 Å². The summed E-state index contributed by atoms with van der Waals surface area (Å²) in [5.74, 6) is 1.80. The number of nitrogens with zero attached hydrogens (tertiary/aromatic N) is 2. The normalized spacial score (nSPS) is 14.8. The number of aryl methyl sites for hydroxylation is 1. The number of rotatable bonds is 8. The van der Waals surface area contributed by atoms with Crippen molar-refractivity contribution in [1.82, 2.24) is 4.98 Å². The van der Waals surface area contributed by atoms with Gasteiger partial charge in [-0.2, -0.15) is 0 Å². The number of sulfone groups is 1. The van der Waals surface area contributed by atoms with Crippen LogP contribution in [0, 0.1) is 6.92 Å². The first-order chi connectivity index (χ1) is 16.3. The molecule has 0 N–H and O–H groups in total. The van der Waals surface area contributed by atoms with Crippen LogP contribution in [-0.2, 0) is 16.3 Å². The van der Waals surface area contributed by atoms with Crippen LogP contribution in [0.5, 0.6) is 17.2 Å². The number of hydrogen-bond acceptors (Lipinski definition) is 8. The highest BCUT2D eigenvalue weighted by Gasteiger charge is 2.32. The van der Waals surface area contributed by atoms with E-state index in [1.807, 2.05) is 36.6 Å². The minimum absolute atomic E-state index is 0.356. The summed E-state index contributed by atoms with van der Waals surface area (Å²) >= 11 is 1.59. The Kier molecular flexibility index (Phi) is 7.33. The molecular formula is C25H30N2O5S2. The predicted molar refractivity (Wildman–Crippen MR) is 135 cm³/mol. The van der Waals surface area contributed by atoms with Gasteiger partial charge in [-0.3, -0.25) is 0 Å². The first kappa shape index (κ1) is 24.3. The first-order valence-electron chi connectivity index (χ1n) is 11.1. The quantitative estimate of drug-likeness (QED) is 0.448. The molecule has 2 heterocycles. The van der Waals surface area contributed by atoms with Crippen molar-refractivity contribution in [2.45, 2.75) is 36.3 Å². The lowest BCUT2D eigenvalue weighted by Gasteiger charge is -2.31. The topological polar surface area (TPSA) is 78.0 Å². The number of benzene rings is 2. The lowest BCUT2D eigenvalue weighted by atomic mass is 10.1. The third-order valence-corrected chi connectivity index (χ3v) is 9.38. The van der Waals surface area contributed by atoms with Crippen molar-refractivity contribution in [3.8, 4) is 17.2 Å². The fourth-order valence-corrected chi connectivity index (χ4v) is 6.86. The lowest BCUT2D eigenvalue weighted by molar-refractivity contribution is 0.324. The second-order valence-corrected chi connectivity index (χ2v) is 11.4. The number of piperidine rings is 1. The molecule has 0 unspecified atom stereocenters. The molecule has 1 aromatic heterocycles. The number of methoxy groups -OCH3 is 3. The summed E-state index contributed by atoms with van der Waals surface area (Å²) < 4.78 is 42.4. The maximum atomic E-state index is 13.0. The molecule has 3 aromatic rings. The van der Waals surface area contributed by atoms with E-state index in [1.54, 1.807) is 44.8 Å². The standard InChI is InChI=1S/C25H30N2O5S2/c1-17-5-7-20(8-6-17)34(28,29)21-9-11-27(12-10-21)25-26-19(16-33-25)13-18-14-22(30-2)24(32-4)23(15-18)31-3/h5-8,14-16,21H,9-13H2,1-4H3. The zero-order valence-corrected chi connectivity index (χ0v) is 21.5. The Hall–Kier alpha value is -2.78. The number of aromatic nitrogens is 1. The number of thiazole rings is 1. The van der Waals surface area contributed by atoms with Crippen LogP contribution in [0.1, 0.15) is 29.7 Å². The molecule has 34 heavy (non-hydrogen) atoms. The summed E-state index contributed by atoms with van der Waals surface area (Å²) in [5.41, 5.74) is 3.01. The van der Waals surface area contributed by atoms with Crippen LogP contribution in [0.2, 0.25) is 0 Å². The molecule has 1 fully saturated rings. The fourth-order valence-electron chi connectivity index (χ4n) is 4.25. The summed E-state index contributed by atoms with van der Waals surface area (Å²) in [7, 11) is 1.47. The second kappa shape index (κ2) is 10.2. The van der Waals surface area contributed by atoms with Gasteiger partial charge in [0, 0.05) is 24.9 Å². The van der Waals surface area contributed by atoms with E-state index in [9.17, 15) is 8.42 Å². The van der Waals surface area contributed by atoms with Gasteiger partial charge < -0.3 is 19.1 Å². The van der Waals surface area contributed by atoms with Crippen LogP contribution in [0.4, 0.5) is 5.13 Å². The molecule has 0 radical (unpaired) electrons. The summed E-state index contributed by atoms with van der Waals surface area (Å²) in [5, 5.41) is 2.62. The van der Waals surface area contributed by atoms with Gasteiger partial charge in [-0.05, 0) is 49.6 Å². The van der Waals surface area contributed by atoms with Gasteiger partial charge in [-0.25, -0.2) is 13.4 Å². The van der Waals surface area contributed by atoms with Gasteiger partial charge in [0.05, 0.1) is 37.2 Å². The average molecular weight is 503 g/mol. The maximum absolute atomic E-state index is 13.0. The van der Waals surface area contributed by atoms with Crippen molar-refractivity contribution < 1.29 is 22.6 Å². The van der Waals surface area contributed by atoms with Crippen LogP contribution < -0.4 is 19.1 Å². The lowest BCUT2D eigenvalue weighted by Crippen LogP contribution is -2.39. The van der Waals surface area contributed by atoms with Gasteiger partial charge >= 0.3 is 0 Å². The Morgan fingerprint density at radius 3 is 2.18 bits per heavy atom. The van der Waals surface area contributed by atoms with Crippen LogP contribution in [0.3, 0.4) is 0 Å². The Labute approximate surface area is 205 Å². The highest BCUT2D eigenvalue weighted by Crippen LogP contribution is 2.39. The smallest absolute Gasteiger partial charge is 0.203 e. The number of ether oxygens (including phenoxy) is 3. The Morgan fingerprint density at radius 1 is 1.00 bits per heavy atom. The van der Waals surface area contributed by atoms with Gasteiger partial charge in [0.25, 0.3) is 0 Å². The van der Waals surface area contributed by atoms with Gasteiger partial charge in [-0.15, -0.1) is 11.3 Å². The molecule has 2 aromatic carbocycles. The van der Waals surface area contributed by atoms with E-state index in [4.69, 9.17) is 19.2 Å². The molecule has 9 heteroatoms. The number of anilines is 1. The second-order valence-electron chi connectivity index (χ2n) is 8.38. The largest absolute Gasteiger partial charge is 0.493 e. The first-order valence-corrected chi connectivity index (χ1v) is 13.6. The van der Waals surface area contributed by atoms with Crippen LogP contribution in [-0.4, -0.2) is 53.1 Å². The summed E-state index contributed by atoms with van der Waals surface area (Å²) in [4.78, 5) is 7.42. The highest BCUT2D eigenvalue weighted by atomic mass is 32.2. The van der Waals surface area contributed by atoms with E-state index in [-0.39, 0.29) is 5.25 Å². The van der Waals surface area contributed by atoms with Gasteiger partial charge in [0.2, 0.25) is 5.75 Å². The van der Waals surface area contributed by atoms with Crippen molar-refractivity contribution in [2.24, 2.45) is 0 Å². The Morgan fingerprint density at radius 2 is 1.62 bits per heavy atom. The highest BCUT2D eigenvalue weighted by molar-refractivity contribution is 7.92. The molecular weight excluding hydrogens is 472 g/mol. The molecule has 182 valence electrons. The SMILES string of the molecule is COc1cc(Cc2csc(N3CCC(S(=O)(=O)c4ccc(C)cc4)CC3)n2)cc(OC)c1OC. The van der Waals surface area contributed by atoms with E-state index >= 15 is 0 Å². The zero-order valence-electron chi connectivity index (χ0n) is 19.9. The van der Waals surface area contributed by atoms with E-state index in [0.29, 0.717) is 54.5 Å². The molecule has 0 saturated carbocycles. The van der Waals surface area contributed by atoms with Crippen LogP contribution in [0.25, 0.3) is 0 Å². The van der Waals surface area contributed by atoms with E-state index < -0.39 is 9.84 Å². The summed E-state index contributed by atoms with van der Waals surface area (Å²) in [6, 6.07) is 11.0. The molecule has 1 saturated heterocycles. The molecule has 0 bridgehead atoms. The monoisotopic (exact) mass is 502 g/mol. The van der Waals surface area contributed by atoms with Crippen molar-refractivity contribution in [1.29, 1.82) is 0 Å². The van der Waals surface area contributed by atoms with Crippen LogP contribution >= 0.6 is 11.3 Å². The fraction of sp³-hybridized carbons (Fsp3) is 0.400. The van der Waals surface area contributed by atoms with Gasteiger partial charge in [0.15, 0.2) is 26.5 Å². The minimum Gasteiger partial charge on any atom is -0.493 e. The molecule has 1 aliphatic rings. The molecule has 0 spiro atoms. The molecule has 0 atom stereocenters. The Balaban J connectivity index is 1.42. The van der Waals surface area contributed by atoms with E-state index in [0.717, 1.165) is 22.0 Å². The molecule has 7 nitrogen and oxygen atoms in total. The average Bonchev–Trinajstić information content (AvgIpc) is 3.32. The Bertz CT molecular complexity index is 1210. The van der Waals surface area contributed by atoms with E-state index in [2.05, 4.69) is 4.90 Å². The van der Waals surface area contributed by atoms with Crippen molar-refractivity contribution >= 4 is 26.3 Å². The number of hydrogen-bond donors (Lipinski definition) is 0. The van der Waals surface area contributed by atoms with Gasteiger partial charge in [-0.1, -0.05) is 17.7 Å². The van der Waals surface area contributed by atoms with Crippen molar-refractivity contribution in [3.63, 3.8) is 0 Å². The third kappa shape index (κ3) is 5.00. The molecule has 4 rings (SSSR count). The molecule has 0 aliphatic carbocycles. The summed E-state index contributed by atoms with van der Waals surface area (Å²) in [6.07, 6.45) is 1.82. The minimum atomic E-state index is -3.32. The molecule has 0 amide bonds. The van der Waals surface area contributed by atoms with E-state index in [1.165, 1.54) is 0 Å².